The van der Waals surface area contributed by atoms with Crippen LogP contribution in [0.5, 0.6) is 0 Å². The van der Waals surface area contributed by atoms with Gasteiger partial charge in [-0.05, 0) is 32.3 Å². The summed E-state index contributed by atoms with van der Waals surface area (Å²) in [6.07, 6.45) is 3.49. The van der Waals surface area contributed by atoms with E-state index in [0.29, 0.717) is 23.5 Å². The van der Waals surface area contributed by atoms with Crippen LogP contribution in [0.2, 0.25) is 0 Å². The fourth-order valence-electron chi connectivity index (χ4n) is 3.20. The zero-order chi connectivity index (χ0) is 18.1. The van der Waals surface area contributed by atoms with Gasteiger partial charge in [-0.15, -0.1) is 0 Å². The molecule has 1 saturated carbocycles. The minimum atomic E-state index is -0.877. The van der Waals surface area contributed by atoms with Gasteiger partial charge in [-0.1, -0.05) is 13.3 Å². The normalized spacial score (nSPS) is 15.3. The van der Waals surface area contributed by atoms with Crippen LogP contribution in [0.1, 0.15) is 60.3 Å². The van der Waals surface area contributed by atoms with Gasteiger partial charge in [0.2, 0.25) is 0 Å². The summed E-state index contributed by atoms with van der Waals surface area (Å²) in [6.45, 7) is 3.92. The van der Waals surface area contributed by atoms with Gasteiger partial charge in [0.25, 0.3) is 5.91 Å². The zero-order valence-electron chi connectivity index (χ0n) is 14.9. The third kappa shape index (κ3) is 3.50. The number of aliphatic carboxylic acids is 1. The first-order valence-corrected chi connectivity index (χ1v) is 8.77. The van der Waals surface area contributed by atoms with Gasteiger partial charge >= 0.3 is 5.97 Å². The first kappa shape index (κ1) is 17.4. The molecule has 1 aliphatic carbocycles. The Labute approximate surface area is 146 Å². The van der Waals surface area contributed by atoms with E-state index in [1.54, 1.807) is 4.68 Å². The number of hydrogen-bond acceptors (Lipinski definition) is 4. The van der Waals surface area contributed by atoms with E-state index in [1.807, 2.05) is 27.0 Å². The fraction of sp³-hybridized carbons (Fsp3) is 0.556. The lowest BCUT2D eigenvalue weighted by molar-refractivity contribution is -0.141. The van der Waals surface area contributed by atoms with E-state index in [0.717, 1.165) is 36.0 Å². The van der Waals surface area contributed by atoms with Crippen molar-refractivity contribution >= 4 is 22.9 Å². The molecule has 2 aromatic heterocycles. The average Bonchev–Trinajstić information content (AvgIpc) is 3.37. The molecule has 1 fully saturated rings. The van der Waals surface area contributed by atoms with Gasteiger partial charge in [0.1, 0.15) is 0 Å². The van der Waals surface area contributed by atoms with Crippen LogP contribution < -0.4 is 5.32 Å². The summed E-state index contributed by atoms with van der Waals surface area (Å²) in [7, 11) is 1.82. The van der Waals surface area contributed by atoms with Crippen molar-refractivity contribution < 1.29 is 14.7 Å². The summed E-state index contributed by atoms with van der Waals surface area (Å²) >= 11 is 0. The number of pyridine rings is 1. The Balaban J connectivity index is 1.91. The van der Waals surface area contributed by atoms with E-state index in [1.165, 1.54) is 0 Å². The number of carbonyl (C=O) groups excluding carboxylic acids is 1. The zero-order valence-corrected chi connectivity index (χ0v) is 14.9. The number of hydrogen-bond donors (Lipinski definition) is 2. The summed E-state index contributed by atoms with van der Waals surface area (Å²) in [5.74, 6) is -1.28. The SMILES string of the molecule is CCCC(CNC(=O)c1cc(C2CC2)nc2c1c(C)nn2C)C(=O)O. The Morgan fingerprint density at radius 2 is 2.16 bits per heavy atom. The lowest BCUT2D eigenvalue weighted by Crippen LogP contribution is -2.33. The first-order chi connectivity index (χ1) is 11.9. The number of carboxylic acids is 1. The maximum atomic E-state index is 12.8. The van der Waals surface area contributed by atoms with E-state index in [9.17, 15) is 14.7 Å². The molecule has 2 N–H and O–H groups in total. The molecule has 1 aliphatic rings. The van der Waals surface area contributed by atoms with E-state index < -0.39 is 11.9 Å². The van der Waals surface area contributed by atoms with Crippen molar-refractivity contribution in [3.63, 3.8) is 0 Å². The van der Waals surface area contributed by atoms with Crippen LogP contribution >= 0.6 is 0 Å². The maximum absolute atomic E-state index is 12.8. The van der Waals surface area contributed by atoms with Crippen LogP contribution in [0.15, 0.2) is 6.07 Å². The average molecular weight is 344 g/mol. The second-order valence-electron chi connectivity index (χ2n) is 6.81. The smallest absolute Gasteiger partial charge is 0.308 e. The molecule has 1 unspecified atom stereocenters. The predicted octanol–water partition coefficient (Wildman–Crippen LogP) is 2.38. The quantitative estimate of drug-likeness (QED) is 0.804. The van der Waals surface area contributed by atoms with Crippen molar-refractivity contribution in [1.29, 1.82) is 0 Å². The highest BCUT2D eigenvalue weighted by Gasteiger charge is 2.28. The van der Waals surface area contributed by atoms with Gasteiger partial charge in [-0.3, -0.25) is 14.3 Å². The van der Waals surface area contributed by atoms with E-state index in [-0.39, 0.29) is 12.5 Å². The molecule has 25 heavy (non-hydrogen) atoms. The molecule has 7 nitrogen and oxygen atoms in total. The van der Waals surface area contributed by atoms with Gasteiger partial charge in [-0.2, -0.15) is 5.10 Å². The summed E-state index contributed by atoms with van der Waals surface area (Å²) in [4.78, 5) is 28.7. The van der Waals surface area contributed by atoms with E-state index in [4.69, 9.17) is 0 Å². The van der Waals surface area contributed by atoms with Crippen LogP contribution in [0, 0.1) is 12.8 Å². The molecule has 1 amide bonds. The molecule has 1 atom stereocenters. The van der Waals surface area contributed by atoms with Crippen LogP contribution in [0.3, 0.4) is 0 Å². The second kappa shape index (κ2) is 6.82. The Morgan fingerprint density at radius 3 is 2.76 bits per heavy atom. The number of fused-ring (bicyclic) bond motifs is 1. The number of rotatable bonds is 7. The molecule has 0 aliphatic heterocycles. The predicted molar refractivity (Wildman–Crippen MR) is 93.6 cm³/mol. The summed E-state index contributed by atoms with van der Waals surface area (Å²) in [6, 6.07) is 1.85. The number of aromatic nitrogens is 3. The molecule has 7 heteroatoms. The van der Waals surface area contributed by atoms with E-state index in [2.05, 4.69) is 15.4 Å². The highest BCUT2D eigenvalue weighted by atomic mass is 16.4. The Kier molecular flexibility index (Phi) is 4.74. The van der Waals surface area contributed by atoms with Crippen molar-refractivity contribution in [3.05, 3.63) is 23.0 Å². The van der Waals surface area contributed by atoms with Crippen LogP contribution in [-0.2, 0) is 11.8 Å². The maximum Gasteiger partial charge on any atom is 0.308 e. The molecule has 0 spiro atoms. The Morgan fingerprint density at radius 1 is 1.44 bits per heavy atom. The minimum Gasteiger partial charge on any atom is -0.481 e. The molecule has 0 saturated heterocycles. The lowest BCUT2D eigenvalue weighted by Gasteiger charge is -2.13. The molecule has 0 bridgehead atoms. The minimum absolute atomic E-state index is 0.129. The van der Waals surface area contributed by atoms with Crippen molar-refractivity contribution in [1.82, 2.24) is 20.1 Å². The number of amides is 1. The van der Waals surface area contributed by atoms with Crippen molar-refractivity contribution in [2.75, 3.05) is 6.54 Å². The molecule has 2 heterocycles. The Hall–Kier alpha value is -2.44. The molecular formula is C18H24N4O3. The summed E-state index contributed by atoms with van der Waals surface area (Å²) in [5, 5.41) is 17.2. The summed E-state index contributed by atoms with van der Waals surface area (Å²) < 4.78 is 1.70. The van der Waals surface area contributed by atoms with Crippen LogP contribution in [-0.4, -0.2) is 38.3 Å². The van der Waals surface area contributed by atoms with Crippen molar-refractivity contribution in [2.45, 2.75) is 45.4 Å². The van der Waals surface area contributed by atoms with Crippen LogP contribution in [0.4, 0.5) is 0 Å². The number of carbonyl (C=O) groups is 2. The molecule has 2 aromatic rings. The van der Waals surface area contributed by atoms with Gasteiger partial charge in [0.15, 0.2) is 5.65 Å². The molecule has 134 valence electrons. The number of nitrogens with zero attached hydrogens (tertiary/aromatic N) is 3. The van der Waals surface area contributed by atoms with Gasteiger partial charge in [-0.25, -0.2) is 4.98 Å². The van der Waals surface area contributed by atoms with Crippen LogP contribution in [0.25, 0.3) is 11.0 Å². The third-order valence-electron chi connectivity index (χ3n) is 4.72. The molecular weight excluding hydrogens is 320 g/mol. The van der Waals surface area contributed by atoms with Gasteiger partial charge < -0.3 is 10.4 Å². The van der Waals surface area contributed by atoms with Crippen molar-refractivity contribution in [2.24, 2.45) is 13.0 Å². The Bertz CT molecular complexity index is 823. The highest BCUT2D eigenvalue weighted by molar-refractivity contribution is 6.06. The number of carboxylic acid groups (broad SMARTS) is 1. The van der Waals surface area contributed by atoms with Gasteiger partial charge in [0.05, 0.1) is 22.6 Å². The van der Waals surface area contributed by atoms with E-state index >= 15 is 0 Å². The first-order valence-electron chi connectivity index (χ1n) is 8.77. The standard InChI is InChI=1S/C18H24N4O3/c1-4-5-12(18(24)25)9-19-17(23)13-8-14(11-6-7-11)20-16-15(13)10(2)21-22(16)3/h8,11-12H,4-7,9H2,1-3H3,(H,19,23)(H,24,25). The lowest BCUT2D eigenvalue weighted by atomic mass is 10.0. The fourth-order valence-corrected chi connectivity index (χ4v) is 3.20. The third-order valence-corrected chi connectivity index (χ3v) is 4.72. The number of aryl methyl sites for hydroxylation is 2. The molecule has 0 radical (unpaired) electrons. The van der Waals surface area contributed by atoms with Gasteiger partial charge in [0, 0.05) is 25.2 Å². The molecule has 0 aromatic carbocycles. The topological polar surface area (TPSA) is 97.1 Å². The highest BCUT2D eigenvalue weighted by Crippen LogP contribution is 2.40. The molecule has 3 rings (SSSR count). The van der Waals surface area contributed by atoms with Crippen molar-refractivity contribution in [3.8, 4) is 0 Å². The largest absolute Gasteiger partial charge is 0.481 e. The second-order valence-corrected chi connectivity index (χ2v) is 6.81. The summed E-state index contributed by atoms with van der Waals surface area (Å²) in [5.41, 5.74) is 2.92. The monoisotopic (exact) mass is 344 g/mol. The number of nitrogens with one attached hydrogen (secondary N) is 1.